The van der Waals surface area contributed by atoms with E-state index >= 15 is 0 Å². The summed E-state index contributed by atoms with van der Waals surface area (Å²) in [5, 5.41) is 8.82. The Hall–Kier alpha value is -1.43. The number of nitrogens with one attached hydrogen (secondary N) is 2. The van der Waals surface area contributed by atoms with Gasteiger partial charge >= 0.3 is 0 Å². The summed E-state index contributed by atoms with van der Waals surface area (Å²) in [5.41, 5.74) is 3.32. The lowest BCUT2D eigenvalue weighted by atomic mass is 9.88. The average Bonchev–Trinajstić information content (AvgIpc) is 2.94. The number of rotatable bonds is 5. The summed E-state index contributed by atoms with van der Waals surface area (Å²) in [6.45, 7) is 5.99. The quantitative estimate of drug-likeness (QED) is 0.865. The molecule has 1 atom stereocenters. The highest BCUT2D eigenvalue weighted by Gasteiger charge is 2.29. The molecule has 3 rings (SSSR count). The number of carbonyl (C=O) groups excluding carboxylic acids is 1. The monoisotopic (exact) mass is 351 g/mol. The fourth-order valence-corrected chi connectivity index (χ4v) is 3.20. The number of aryl methyl sites for hydroxylation is 1. The first-order valence-corrected chi connectivity index (χ1v) is 8.61. The van der Waals surface area contributed by atoms with Gasteiger partial charge in [-0.25, -0.2) is 4.98 Å². The molecule has 124 valence electrons. The van der Waals surface area contributed by atoms with Crippen LogP contribution < -0.4 is 10.6 Å². The highest BCUT2D eigenvalue weighted by Crippen LogP contribution is 2.26. The van der Waals surface area contributed by atoms with Gasteiger partial charge in [0.25, 0.3) is 0 Å². The van der Waals surface area contributed by atoms with Crippen LogP contribution >= 0.6 is 23.7 Å². The van der Waals surface area contributed by atoms with E-state index in [2.05, 4.69) is 46.8 Å². The largest absolute Gasteiger partial charge is 0.316 e. The third kappa shape index (κ3) is 4.10. The molecule has 2 heterocycles. The first kappa shape index (κ1) is 17.9. The van der Waals surface area contributed by atoms with E-state index in [0.717, 1.165) is 30.8 Å². The van der Waals surface area contributed by atoms with Crippen LogP contribution in [0.15, 0.2) is 29.6 Å². The number of benzene rings is 1. The highest BCUT2D eigenvalue weighted by molar-refractivity contribution is 7.14. The van der Waals surface area contributed by atoms with Crippen molar-refractivity contribution in [2.45, 2.75) is 20.3 Å². The van der Waals surface area contributed by atoms with Crippen molar-refractivity contribution in [1.29, 1.82) is 0 Å². The molecular weight excluding hydrogens is 330 g/mol. The van der Waals surface area contributed by atoms with E-state index in [4.69, 9.17) is 0 Å². The molecule has 23 heavy (non-hydrogen) atoms. The Morgan fingerprint density at radius 2 is 2.09 bits per heavy atom. The lowest BCUT2D eigenvalue weighted by Crippen LogP contribution is -2.48. The number of nitrogens with zero attached hydrogens (tertiary/aromatic N) is 1. The van der Waals surface area contributed by atoms with E-state index in [0.29, 0.717) is 11.0 Å². The topological polar surface area (TPSA) is 54.0 Å². The maximum absolute atomic E-state index is 12.2. The minimum Gasteiger partial charge on any atom is -0.316 e. The summed E-state index contributed by atoms with van der Waals surface area (Å²) >= 11 is 1.48. The number of halogens is 1. The van der Waals surface area contributed by atoms with E-state index in [1.807, 2.05) is 12.3 Å². The molecule has 1 amide bonds. The second-order valence-corrected chi connectivity index (χ2v) is 6.64. The van der Waals surface area contributed by atoms with E-state index < -0.39 is 0 Å². The molecule has 0 bridgehead atoms. The summed E-state index contributed by atoms with van der Waals surface area (Å²) in [7, 11) is 0. The fraction of sp³-hybridized carbons (Fsp3) is 0.412. The molecule has 4 nitrogen and oxygen atoms in total. The molecule has 1 fully saturated rings. The molecule has 1 aliphatic heterocycles. The van der Waals surface area contributed by atoms with Crippen molar-refractivity contribution in [1.82, 2.24) is 10.3 Å². The van der Waals surface area contributed by atoms with E-state index in [1.165, 1.54) is 16.9 Å². The SMILES string of the molecule is CCc1ccc(-c2csc(NC(=O)C(C)C3CNC3)n2)cc1.Cl. The summed E-state index contributed by atoms with van der Waals surface area (Å²) in [4.78, 5) is 16.7. The molecule has 0 saturated carbocycles. The van der Waals surface area contributed by atoms with Crippen LogP contribution in [0.4, 0.5) is 5.13 Å². The predicted octanol–water partition coefficient (Wildman–Crippen LogP) is 3.59. The second-order valence-electron chi connectivity index (χ2n) is 5.78. The molecule has 1 unspecified atom stereocenters. The van der Waals surface area contributed by atoms with Gasteiger partial charge < -0.3 is 10.6 Å². The predicted molar refractivity (Wildman–Crippen MR) is 98.3 cm³/mol. The van der Waals surface area contributed by atoms with Crippen molar-refractivity contribution in [2.24, 2.45) is 11.8 Å². The fourth-order valence-electron chi connectivity index (χ4n) is 2.47. The minimum absolute atomic E-state index is 0. The van der Waals surface area contributed by atoms with Crippen LogP contribution in [-0.2, 0) is 11.2 Å². The van der Waals surface area contributed by atoms with Crippen LogP contribution in [0.2, 0.25) is 0 Å². The third-order valence-electron chi connectivity index (χ3n) is 4.33. The van der Waals surface area contributed by atoms with Gasteiger partial charge in [0.15, 0.2) is 5.13 Å². The number of carbonyl (C=O) groups is 1. The third-order valence-corrected chi connectivity index (χ3v) is 5.08. The summed E-state index contributed by atoms with van der Waals surface area (Å²) in [5.74, 6) is 0.534. The van der Waals surface area contributed by atoms with Crippen LogP contribution in [0, 0.1) is 11.8 Å². The Balaban J connectivity index is 0.00000192. The van der Waals surface area contributed by atoms with Crippen molar-refractivity contribution in [3.63, 3.8) is 0 Å². The molecule has 0 radical (unpaired) electrons. The van der Waals surface area contributed by atoms with Crippen molar-refractivity contribution in [2.75, 3.05) is 18.4 Å². The van der Waals surface area contributed by atoms with Gasteiger partial charge in [0.2, 0.25) is 5.91 Å². The van der Waals surface area contributed by atoms with Gasteiger partial charge in [-0.1, -0.05) is 38.1 Å². The van der Waals surface area contributed by atoms with Crippen molar-refractivity contribution in [3.05, 3.63) is 35.2 Å². The number of anilines is 1. The van der Waals surface area contributed by atoms with Gasteiger partial charge in [-0.3, -0.25) is 4.79 Å². The molecule has 1 aromatic heterocycles. The standard InChI is InChI=1S/C17H21N3OS.ClH/c1-3-12-4-6-13(7-5-12)15-10-22-17(19-15)20-16(21)11(2)14-8-18-9-14;/h4-7,10-11,14,18H,3,8-9H2,1-2H3,(H,19,20,21);1H. The number of thiazole rings is 1. The van der Waals surface area contributed by atoms with Crippen LogP contribution in [0.5, 0.6) is 0 Å². The van der Waals surface area contributed by atoms with E-state index in [9.17, 15) is 4.79 Å². The average molecular weight is 352 g/mol. The number of hydrogen-bond acceptors (Lipinski definition) is 4. The first-order valence-electron chi connectivity index (χ1n) is 7.73. The molecule has 6 heteroatoms. The minimum atomic E-state index is 0. The molecule has 1 aliphatic rings. The zero-order valence-electron chi connectivity index (χ0n) is 13.3. The van der Waals surface area contributed by atoms with Crippen LogP contribution in [0.25, 0.3) is 11.3 Å². The number of aromatic nitrogens is 1. The van der Waals surface area contributed by atoms with Gasteiger partial charge in [-0.05, 0) is 31.0 Å². The van der Waals surface area contributed by atoms with Crippen molar-refractivity contribution in [3.8, 4) is 11.3 Å². The highest BCUT2D eigenvalue weighted by atomic mass is 35.5. The van der Waals surface area contributed by atoms with Crippen LogP contribution in [-0.4, -0.2) is 24.0 Å². The zero-order valence-corrected chi connectivity index (χ0v) is 15.0. The summed E-state index contributed by atoms with van der Waals surface area (Å²) in [6.07, 6.45) is 1.03. The lowest BCUT2D eigenvalue weighted by Gasteiger charge is -2.31. The van der Waals surface area contributed by atoms with Gasteiger partial charge in [0, 0.05) is 16.9 Å². The molecule has 1 saturated heterocycles. The molecule has 1 aromatic carbocycles. The number of amides is 1. The number of hydrogen-bond donors (Lipinski definition) is 2. The molecule has 2 N–H and O–H groups in total. The van der Waals surface area contributed by atoms with Crippen molar-refractivity contribution < 1.29 is 4.79 Å². The lowest BCUT2D eigenvalue weighted by molar-refractivity contribution is -0.121. The smallest absolute Gasteiger partial charge is 0.229 e. The molecule has 0 aliphatic carbocycles. The van der Waals surface area contributed by atoms with Crippen LogP contribution in [0.3, 0.4) is 0 Å². The Kier molecular flexibility index (Phi) is 6.16. The summed E-state index contributed by atoms with van der Waals surface area (Å²) in [6, 6.07) is 8.42. The Morgan fingerprint density at radius 3 is 2.65 bits per heavy atom. The van der Waals surface area contributed by atoms with E-state index in [1.54, 1.807) is 0 Å². The van der Waals surface area contributed by atoms with Gasteiger partial charge in [0.05, 0.1) is 5.69 Å². The zero-order chi connectivity index (χ0) is 15.5. The maximum atomic E-state index is 12.2. The van der Waals surface area contributed by atoms with Gasteiger partial charge in [0.1, 0.15) is 0 Å². The molecule has 2 aromatic rings. The maximum Gasteiger partial charge on any atom is 0.229 e. The Bertz CT molecular complexity index is 652. The van der Waals surface area contributed by atoms with Gasteiger partial charge in [-0.15, -0.1) is 23.7 Å². The van der Waals surface area contributed by atoms with Crippen LogP contribution in [0.1, 0.15) is 19.4 Å². The van der Waals surface area contributed by atoms with Gasteiger partial charge in [-0.2, -0.15) is 0 Å². The summed E-state index contributed by atoms with van der Waals surface area (Å²) < 4.78 is 0. The second kappa shape index (κ2) is 7.90. The Morgan fingerprint density at radius 1 is 1.39 bits per heavy atom. The normalized spacial score (nSPS) is 15.4. The molecular formula is C17H22ClN3OS. The first-order chi connectivity index (χ1) is 10.7. The van der Waals surface area contributed by atoms with Crippen molar-refractivity contribution >= 4 is 34.8 Å². The Labute approximate surface area is 147 Å². The van der Waals surface area contributed by atoms with E-state index in [-0.39, 0.29) is 24.2 Å². The molecule has 0 spiro atoms.